The van der Waals surface area contributed by atoms with Crippen LogP contribution < -0.4 is 5.32 Å². The highest BCUT2D eigenvalue weighted by Crippen LogP contribution is 2.03. The first-order chi connectivity index (χ1) is 6.54. The van der Waals surface area contributed by atoms with E-state index in [4.69, 9.17) is 0 Å². The van der Waals surface area contributed by atoms with Gasteiger partial charge in [0.05, 0.1) is 0 Å². The maximum absolute atomic E-state index is 3.19. The summed E-state index contributed by atoms with van der Waals surface area (Å²) >= 11 is 0. The van der Waals surface area contributed by atoms with E-state index in [1.807, 2.05) is 20.9 Å². The molecule has 0 spiro atoms. The summed E-state index contributed by atoms with van der Waals surface area (Å²) in [6.45, 7) is 15.0. The van der Waals surface area contributed by atoms with Gasteiger partial charge in [0.2, 0.25) is 0 Å². The summed E-state index contributed by atoms with van der Waals surface area (Å²) in [5.41, 5.74) is 0.333. The molecule has 0 radical (unpaired) electrons. The van der Waals surface area contributed by atoms with E-state index in [0.717, 1.165) is 0 Å². The standard InChI is InChI=1S/C6H15N.C5H12.C2H6/c1-5-6(2,3)7-4;1-3-5-4-2;1-2/h7H,5H2,1-4H3;3-5H2,1-2H3;1-2H3. The Balaban J connectivity index is -0.000000152. The minimum Gasteiger partial charge on any atom is -0.315 e. The van der Waals surface area contributed by atoms with Crippen molar-refractivity contribution in [3.05, 3.63) is 0 Å². The van der Waals surface area contributed by atoms with E-state index >= 15 is 0 Å². The molecule has 0 amide bonds. The Kier molecular flexibility index (Phi) is 21.5. The van der Waals surface area contributed by atoms with Crippen molar-refractivity contribution in [2.45, 2.75) is 79.7 Å². The Hall–Kier alpha value is -0.0400. The lowest BCUT2D eigenvalue weighted by Crippen LogP contribution is -2.34. The minimum absolute atomic E-state index is 0.333. The lowest BCUT2D eigenvalue weighted by Gasteiger charge is -2.20. The van der Waals surface area contributed by atoms with Gasteiger partial charge in [-0.1, -0.05) is 53.9 Å². The summed E-state index contributed by atoms with van der Waals surface area (Å²) in [4.78, 5) is 0. The van der Waals surface area contributed by atoms with Crippen LogP contribution in [0.2, 0.25) is 0 Å². The molecule has 0 aliphatic heterocycles. The quantitative estimate of drug-likeness (QED) is 0.703. The van der Waals surface area contributed by atoms with Gasteiger partial charge in [0.25, 0.3) is 0 Å². The fourth-order valence-corrected chi connectivity index (χ4v) is 0.530. The molecule has 0 saturated carbocycles. The summed E-state index contributed by atoms with van der Waals surface area (Å²) in [5, 5.41) is 3.19. The van der Waals surface area contributed by atoms with E-state index in [2.05, 4.69) is 39.9 Å². The van der Waals surface area contributed by atoms with Crippen LogP contribution in [0.4, 0.5) is 0 Å². The maximum atomic E-state index is 3.19. The van der Waals surface area contributed by atoms with E-state index in [-0.39, 0.29) is 0 Å². The first-order valence-corrected chi connectivity index (χ1v) is 6.22. The largest absolute Gasteiger partial charge is 0.315 e. The molecule has 0 rings (SSSR count). The molecule has 90 valence electrons. The van der Waals surface area contributed by atoms with Crippen LogP contribution in [-0.4, -0.2) is 12.6 Å². The van der Waals surface area contributed by atoms with Crippen molar-refractivity contribution in [3.8, 4) is 0 Å². The minimum atomic E-state index is 0.333. The Morgan fingerprint density at radius 1 is 0.929 bits per heavy atom. The average Bonchev–Trinajstić information content (AvgIpc) is 2.23. The number of hydrogen-bond acceptors (Lipinski definition) is 1. The molecule has 0 aromatic heterocycles. The maximum Gasteiger partial charge on any atom is 0.0119 e. The summed E-state index contributed by atoms with van der Waals surface area (Å²) in [7, 11) is 1.99. The van der Waals surface area contributed by atoms with E-state index in [9.17, 15) is 0 Å². The van der Waals surface area contributed by atoms with Crippen LogP contribution in [0, 0.1) is 0 Å². The highest BCUT2D eigenvalue weighted by Gasteiger charge is 2.08. The molecule has 0 bridgehead atoms. The molecule has 0 aliphatic rings. The smallest absolute Gasteiger partial charge is 0.0119 e. The molecule has 1 N–H and O–H groups in total. The van der Waals surface area contributed by atoms with Crippen molar-refractivity contribution in [1.82, 2.24) is 5.32 Å². The highest BCUT2D eigenvalue weighted by atomic mass is 14.9. The average molecular weight is 203 g/mol. The zero-order valence-electron chi connectivity index (χ0n) is 11.8. The van der Waals surface area contributed by atoms with E-state index in [1.54, 1.807) is 0 Å². The monoisotopic (exact) mass is 203 g/mol. The normalized spacial score (nSPS) is 9.43. The summed E-state index contributed by atoms with van der Waals surface area (Å²) in [6.07, 6.45) is 5.26. The fraction of sp³-hybridized carbons (Fsp3) is 1.00. The third kappa shape index (κ3) is 22.7. The molecule has 1 heteroatoms. The van der Waals surface area contributed by atoms with Gasteiger partial charge in [-0.05, 0) is 27.3 Å². The van der Waals surface area contributed by atoms with Crippen molar-refractivity contribution in [1.29, 1.82) is 0 Å². The molecule has 0 aromatic carbocycles. The molecule has 0 aromatic rings. The molecule has 14 heavy (non-hydrogen) atoms. The second-order valence-corrected chi connectivity index (χ2v) is 3.84. The highest BCUT2D eigenvalue weighted by molar-refractivity contribution is 4.71. The van der Waals surface area contributed by atoms with E-state index < -0.39 is 0 Å². The second kappa shape index (κ2) is 15.4. The second-order valence-electron chi connectivity index (χ2n) is 3.84. The summed E-state index contributed by atoms with van der Waals surface area (Å²) in [5.74, 6) is 0. The molecule has 0 atom stereocenters. The third-order valence-corrected chi connectivity index (χ3v) is 2.27. The van der Waals surface area contributed by atoms with Crippen LogP contribution in [0.15, 0.2) is 0 Å². The van der Waals surface area contributed by atoms with Gasteiger partial charge in [-0.2, -0.15) is 0 Å². The fourth-order valence-electron chi connectivity index (χ4n) is 0.530. The lowest BCUT2D eigenvalue weighted by atomic mass is 10.0. The van der Waals surface area contributed by atoms with Crippen molar-refractivity contribution >= 4 is 0 Å². The van der Waals surface area contributed by atoms with Gasteiger partial charge in [0.1, 0.15) is 0 Å². The summed E-state index contributed by atoms with van der Waals surface area (Å²) in [6, 6.07) is 0. The van der Waals surface area contributed by atoms with Crippen LogP contribution in [0.1, 0.15) is 74.1 Å². The van der Waals surface area contributed by atoms with E-state index in [1.165, 1.54) is 25.7 Å². The predicted octanol–water partition coefficient (Wildman–Crippen LogP) is 4.62. The Labute approximate surface area is 92.7 Å². The van der Waals surface area contributed by atoms with Crippen LogP contribution in [0.25, 0.3) is 0 Å². The molecule has 0 aliphatic carbocycles. The van der Waals surface area contributed by atoms with Gasteiger partial charge in [-0.3, -0.25) is 0 Å². The predicted molar refractivity (Wildman–Crippen MR) is 70.0 cm³/mol. The van der Waals surface area contributed by atoms with Gasteiger partial charge >= 0.3 is 0 Å². The first kappa shape index (κ1) is 19.5. The number of rotatable bonds is 4. The van der Waals surface area contributed by atoms with Crippen LogP contribution >= 0.6 is 0 Å². The van der Waals surface area contributed by atoms with Gasteiger partial charge in [-0.15, -0.1) is 0 Å². The molecule has 0 saturated heterocycles. The lowest BCUT2D eigenvalue weighted by molar-refractivity contribution is 0.411. The summed E-state index contributed by atoms with van der Waals surface area (Å²) < 4.78 is 0. The zero-order valence-corrected chi connectivity index (χ0v) is 11.8. The molecule has 0 fully saturated rings. The number of unbranched alkanes of at least 4 members (excludes halogenated alkanes) is 2. The van der Waals surface area contributed by atoms with Crippen LogP contribution in [-0.2, 0) is 0 Å². The number of hydrogen-bond donors (Lipinski definition) is 1. The van der Waals surface area contributed by atoms with Crippen molar-refractivity contribution in [2.75, 3.05) is 7.05 Å². The van der Waals surface area contributed by atoms with E-state index in [0.29, 0.717) is 5.54 Å². The van der Waals surface area contributed by atoms with Gasteiger partial charge in [0, 0.05) is 5.54 Å². The zero-order chi connectivity index (χ0) is 12.0. The van der Waals surface area contributed by atoms with Crippen molar-refractivity contribution < 1.29 is 0 Å². The molecule has 1 nitrogen and oxygen atoms in total. The SMILES string of the molecule is CC.CCC(C)(C)NC.CCCCC. The Morgan fingerprint density at radius 3 is 1.29 bits per heavy atom. The molecule has 0 heterocycles. The van der Waals surface area contributed by atoms with Gasteiger partial charge < -0.3 is 5.32 Å². The topological polar surface area (TPSA) is 12.0 Å². The van der Waals surface area contributed by atoms with Gasteiger partial charge in [-0.25, -0.2) is 0 Å². The van der Waals surface area contributed by atoms with Crippen LogP contribution in [0.3, 0.4) is 0 Å². The van der Waals surface area contributed by atoms with Crippen LogP contribution in [0.5, 0.6) is 0 Å². The van der Waals surface area contributed by atoms with Gasteiger partial charge in [0.15, 0.2) is 0 Å². The first-order valence-electron chi connectivity index (χ1n) is 6.22. The molecular weight excluding hydrogens is 170 g/mol. The molecular formula is C13H33N. The molecule has 0 unspecified atom stereocenters. The van der Waals surface area contributed by atoms with Crippen molar-refractivity contribution in [3.63, 3.8) is 0 Å². The van der Waals surface area contributed by atoms with Crippen molar-refractivity contribution in [2.24, 2.45) is 0 Å². The third-order valence-electron chi connectivity index (χ3n) is 2.27. The Morgan fingerprint density at radius 2 is 1.29 bits per heavy atom. The number of nitrogens with one attached hydrogen (secondary N) is 1. The Bertz CT molecular complexity index is 69.3.